The van der Waals surface area contributed by atoms with E-state index in [2.05, 4.69) is 25.3 Å². The van der Waals surface area contributed by atoms with Crippen molar-refractivity contribution in [2.45, 2.75) is 37.3 Å². The van der Waals surface area contributed by atoms with E-state index in [0.29, 0.717) is 25.1 Å². The van der Waals surface area contributed by atoms with Crippen LogP contribution in [0.15, 0.2) is 23.7 Å². The lowest BCUT2D eigenvalue weighted by Crippen LogP contribution is -2.49. The van der Waals surface area contributed by atoms with Gasteiger partial charge in [0.05, 0.1) is 24.2 Å². The molecule has 1 spiro atoms. The summed E-state index contributed by atoms with van der Waals surface area (Å²) >= 11 is 0. The molecule has 0 saturated carbocycles. The number of sulfone groups is 1. The van der Waals surface area contributed by atoms with Crippen LogP contribution in [0.3, 0.4) is 0 Å². The Hall–Kier alpha value is -2.23. The van der Waals surface area contributed by atoms with Gasteiger partial charge < -0.3 is 15.1 Å². The SMILES string of the molecule is O=C(N[C@@H]1CCS(=O)(=O)C1)C1=NO[C@@]2(CCCN(c3cnccn3)C2)C1. The Morgan fingerprint density at radius 1 is 1.38 bits per heavy atom. The number of nitrogens with one attached hydrogen (secondary N) is 1. The number of rotatable bonds is 3. The van der Waals surface area contributed by atoms with E-state index in [4.69, 9.17) is 4.84 Å². The molecule has 2 saturated heterocycles. The standard InChI is InChI=1S/C16H21N5O4S/c22-15(19-12-2-7-26(23,24)10-12)13-8-16(25-20-13)3-1-6-21(11-16)14-9-17-4-5-18-14/h4-5,9,12H,1-3,6-8,10-11H2,(H,19,22)/t12-,16+/m1/s1. The zero-order chi connectivity index (χ0) is 18.2. The summed E-state index contributed by atoms with van der Waals surface area (Å²) in [6.07, 6.45) is 7.57. The third-order valence-corrected chi connectivity index (χ3v) is 6.85. The van der Waals surface area contributed by atoms with E-state index in [0.717, 1.165) is 25.2 Å². The Kier molecular flexibility index (Phi) is 4.29. The number of anilines is 1. The molecule has 0 bridgehead atoms. The Morgan fingerprint density at radius 3 is 3.00 bits per heavy atom. The minimum Gasteiger partial charge on any atom is -0.386 e. The van der Waals surface area contributed by atoms with Crippen LogP contribution in [0.5, 0.6) is 0 Å². The minimum atomic E-state index is -3.03. The molecule has 1 aromatic heterocycles. The molecular weight excluding hydrogens is 358 g/mol. The summed E-state index contributed by atoms with van der Waals surface area (Å²) in [5.74, 6) is 0.570. The first-order valence-corrected chi connectivity index (χ1v) is 10.5. The Balaban J connectivity index is 1.38. The zero-order valence-electron chi connectivity index (χ0n) is 14.3. The molecule has 2 fully saturated rings. The van der Waals surface area contributed by atoms with Gasteiger partial charge in [-0.1, -0.05) is 5.16 Å². The molecule has 0 aromatic carbocycles. The number of carbonyl (C=O) groups excluding carboxylic acids is 1. The summed E-state index contributed by atoms with van der Waals surface area (Å²) in [6, 6.07) is -0.339. The highest BCUT2D eigenvalue weighted by atomic mass is 32.2. The average Bonchev–Trinajstić information content (AvgIpc) is 3.19. The first kappa shape index (κ1) is 17.2. The van der Waals surface area contributed by atoms with Gasteiger partial charge in [0.25, 0.3) is 5.91 Å². The van der Waals surface area contributed by atoms with E-state index in [1.807, 2.05) is 0 Å². The molecule has 1 amide bonds. The Morgan fingerprint density at radius 2 is 2.27 bits per heavy atom. The molecule has 9 nitrogen and oxygen atoms in total. The van der Waals surface area contributed by atoms with E-state index in [1.54, 1.807) is 18.6 Å². The smallest absolute Gasteiger partial charge is 0.269 e. The minimum absolute atomic E-state index is 0.00151. The van der Waals surface area contributed by atoms with Gasteiger partial charge >= 0.3 is 0 Å². The molecular formula is C16H21N5O4S. The molecule has 3 aliphatic rings. The molecule has 1 aromatic rings. The number of hydrogen-bond acceptors (Lipinski definition) is 8. The Bertz CT molecular complexity index is 828. The first-order chi connectivity index (χ1) is 12.4. The van der Waals surface area contributed by atoms with E-state index in [-0.39, 0.29) is 23.5 Å². The number of oxime groups is 1. The van der Waals surface area contributed by atoms with Crippen molar-refractivity contribution in [3.8, 4) is 0 Å². The number of hydrogen-bond donors (Lipinski definition) is 1. The molecule has 140 valence electrons. The number of aromatic nitrogens is 2. The van der Waals surface area contributed by atoms with Crippen LogP contribution in [0.2, 0.25) is 0 Å². The summed E-state index contributed by atoms with van der Waals surface area (Å²) in [7, 11) is -3.03. The number of piperidine rings is 1. The number of nitrogens with zero attached hydrogens (tertiary/aromatic N) is 4. The monoisotopic (exact) mass is 379 g/mol. The van der Waals surface area contributed by atoms with Crippen LogP contribution < -0.4 is 10.2 Å². The summed E-state index contributed by atoms with van der Waals surface area (Å²) in [5.41, 5.74) is -0.209. The second-order valence-electron chi connectivity index (χ2n) is 7.15. The van der Waals surface area contributed by atoms with Crippen LogP contribution >= 0.6 is 0 Å². The molecule has 1 N–H and O–H groups in total. The van der Waals surface area contributed by atoms with Crippen molar-refractivity contribution >= 4 is 27.3 Å². The number of amides is 1. The quantitative estimate of drug-likeness (QED) is 0.780. The molecule has 0 radical (unpaired) electrons. The van der Waals surface area contributed by atoms with Gasteiger partial charge in [0.1, 0.15) is 11.5 Å². The van der Waals surface area contributed by atoms with Crippen LogP contribution in [0, 0.1) is 0 Å². The lowest BCUT2D eigenvalue weighted by Gasteiger charge is -2.38. The normalized spacial score (nSPS) is 30.1. The number of carbonyl (C=O) groups is 1. The summed E-state index contributed by atoms with van der Waals surface area (Å²) in [4.78, 5) is 28.6. The topological polar surface area (TPSA) is 114 Å². The van der Waals surface area contributed by atoms with Crippen molar-refractivity contribution in [2.75, 3.05) is 29.5 Å². The molecule has 4 rings (SSSR count). The third kappa shape index (κ3) is 3.50. The molecule has 3 aliphatic heterocycles. The largest absolute Gasteiger partial charge is 0.386 e. The summed E-state index contributed by atoms with van der Waals surface area (Å²) in [6.45, 7) is 1.44. The van der Waals surface area contributed by atoms with Gasteiger partial charge in [0.2, 0.25) is 0 Å². The van der Waals surface area contributed by atoms with Gasteiger partial charge in [-0.3, -0.25) is 9.78 Å². The maximum Gasteiger partial charge on any atom is 0.269 e. The van der Waals surface area contributed by atoms with Gasteiger partial charge in [-0.2, -0.15) is 0 Å². The van der Waals surface area contributed by atoms with Crippen molar-refractivity contribution in [3.05, 3.63) is 18.6 Å². The third-order valence-electron chi connectivity index (χ3n) is 5.08. The van der Waals surface area contributed by atoms with Crippen LogP contribution in [0.25, 0.3) is 0 Å². The van der Waals surface area contributed by atoms with Crippen LogP contribution in [0.4, 0.5) is 5.82 Å². The summed E-state index contributed by atoms with van der Waals surface area (Å²) < 4.78 is 23.1. The van der Waals surface area contributed by atoms with Gasteiger partial charge in [-0.15, -0.1) is 0 Å². The van der Waals surface area contributed by atoms with Crippen LogP contribution in [-0.4, -0.2) is 66.2 Å². The first-order valence-electron chi connectivity index (χ1n) is 8.72. The molecule has 4 heterocycles. The van der Waals surface area contributed by atoms with Gasteiger partial charge in [-0.25, -0.2) is 13.4 Å². The lowest BCUT2D eigenvalue weighted by atomic mass is 9.88. The fourth-order valence-corrected chi connectivity index (χ4v) is 5.46. The van der Waals surface area contributed by atoms with Crippen molar-refractivity contribution < 1.29 is 18.0 Å². The maximum atomic E-state index is 12.4. The van der Waals surface area contributed by atoms with E-state index < -0.39 is 15.4 Å². The van der Waals surface area contributed by atoms with Gasteiger partial charge in [0, 0.05) is 31.4 Å². The van der Waals surface area contributed by atoms with Crippen molar-refractivity contribution in [3.63, 3.8) is 0 Å². The second-order valence-corrected chi connectivity index (χ2v) is 9.38. The predicted molar refractivity (Wildman–Crippen MR) is 94.5 cm³/mol. The molecule has 0 unspecified atom stereocenters. The predicted octanol–water partition coefficient (Wildman–Crippen LogP) is -0.105. The van der Waals surface area contributed by atoms with Crippen LogP contribution in [-0.2, 0) is 19.5 Å². The average molecular weight is 379 g/mol. The second kappa shape index (κ2) is 6.49. The van der Waals surface area contributed by atoms with Crippen molar-refractivity contribution in [1.29, 1.82) is 0 Å². The fourth-order valence-electron chi connectivity index (χ4n) is 3.79. The molecule has 26 heavy (non-hydrogen) atoms. The van der Waals surface area contributed by atoms with Crippen molar-refractivity contribution in [1.82, 2.24) is 15.3 Å². The van der Waals surface area contributed by atoms with Gasteiger partial charge in [-0.05, 0) is 19.3 Å². The molecule has 2 atom stereocenters. The van der Waals surface area contributed by atoms with Gasteiger partial charge in [0.15, 0.2) is 15.4 Å². The Labute approximate surface area is 151 Å². The van der Waals surface area contributed by atoms with E-state index in [1.165, 1.54) is 0 Å². The molecule has 10 heteroatoms. The zero-order valence-corrected chi connectivity index (χ0v) is 15.1. The van der Waals surface area contributed by atoms with Crippen LogP contribution in [0.1, 0.15) is 25.7 Å². The highest BCUT2D eigenvalue weighted by molar-refractivity contribution is 7.91. The highest BCUT2D eigenvalue weighted by Gasteiger charge is 2.45. The lowest BCUT2D eigenvalue weighted by molar-refractivity contribution is -0.115. The maximum absolute atomic E-state index is 12.4. The van der Waals surface area contributed by atoms with E-state index in [9.17, 15) is 13.2 Å². The van der Waals surface area contributed by atoms with Crippen molar-refractivity contribution in [2.24, 2.45) is 5.16 Å². The fraction of sp³-hybridized carbons (Fsp3) is 0.625. The van der Waals surface area contributed by atoms with E-state index >= 15 is 0 Å². The molecule has 0 aliphatic carbocycles. The summed E-state index contributed by atoms with van der Waals surface area (Å²) in [5, 5.41) is 6.79. The highest BCUT2D eigenvalue weighted by Crippen LogP contribution is 2.34.